The molecule has 2 aliphatic carbocycles. The van der Waals surface area contributed by atoms with E-state index in [1.165, 1.54) is 38.1 Å². The van der Waals surface area contributed by atoms with Crippen molar-refractivity contribution in [1.82, 2.24) is 9.38 Å². The SMILES string of the molecule is N#CC1C=CC(N(c2ccccc2)c2ccc3[nH]c4cc5c6cccc7c8cc(N(C9=CCC(C#N)C=C9)c9ccccc9)ccc8n(c5cc4c4cccc(c4)c3c2)c76)=CC1. The van der Waals surface area contributed by atoms with Crippen molar-refractivity contribution < 1.29 is 0 Å². The molecule has 62 heavy (non-hydrogen) atoms. The highest BCUT2D eigenvalue weighted by atomic mass is 15.2. The third-order valence-corrected chi connectivity index (χ3v) is 12.7. The number of fused-ring (bicyclic) bond motifs is 12. The fourth-order valence-corrected chi connectivity index (χ4v) is 9.80. The van der Waals surface area contributed by atoms with Crippen LogP contribution in [0.3, 0.4) is 0 Å². The third kappa shape index (κ3) is 5.62. The van der Waals surface area contributed by atoms with E-state index in [0.717, 1.165) is 66.7 Å². The van der Waals surface area contributed by atoms with Crippen LogP contribution in [0.15, 0.2) is 200 Å². The number of benzene rings is 7. The predicted molar refractivity (Wildman–Crippen MR) is 256 cm³/mol. The van der Waals surface area contributed by atoms with Crippen LogP contribution >= 0.6 is 0 Å². The van der Waals surface area contributed by atoms with Gasteiger partial charge in [0.25, 0.3) is 0 Å². The van der Waals surface area contributed by atoms with Crippen molar-refractivity contribution in [2.45, 2.75) is 12.8 Å². The monoisotopic (exact) mass is 794 g/mol. The van der Waals surface area contributed by atoms with Gasteiger partial charge < -0.3 is 19.2 Å². The minimum absolute atomic E-state index is 0.105. The van der Waals surface area contributed by atoms with E-state index in [9.17, 15) is 10.5 Å². The van der Waals surface area contributed by atoms with Crippen molar-refractivity contribution in [3.8, 4) is 12.1 Å². The first-order chi connectivity index (χ1) is 30.6. The van der Waals surface area contributed by atoms with Crippen molar-refractivity contribution >= 4 is 93.4 Å². The van der Waals surface area contributed by atoms with Gasteiger partial charge in [0.1, 0.15) is 0 Å². The summed E-state index contributed by atoms with van der Waals surface area (Å²) in [6, 6.07) is 59.5. The molecule has 6 heteroatoms. The molecule has 0 aliphatic heterocycles. The lowest BCUT2D eigenvalue weighted by molar-refractivity contribution is 0.824. The molecule has 3 aromatic heterocycles. The first-order valence-corrected chi connectivity index (χ1v) is 21.2. The van der Waals surface area contributed by atoms with Gasteiger partial charge in [0.15, 0.2) is 0 Å². The molecule has 12 rings (SSSR count). The summed E-state index contributed by atoms with van der Waals surface area (Å²) in [6.45, 7) is 0. The zero-order valence-electron chi connectivity index (χ0n) is 33.7. The lowest BCUT2D eigenvalue weighted by atomic mass is 9.99. The minimum Gasteiger partial charge on any atom is -0.354 e. The summed E-state index contributed by atoms with van der Waals surface area (Å²) in [7, 11) is 0. The van der Waals surface area contributed by atoms with Crippen LogP contribution in [0, 0.1) is 34.5 Å². The summed E-state index contributed by atoms with van der Waals surface area (Å²) >= 11 is 0. The van der Waals surface area contributed by atoms with Crippen LogP contribution in [0.25, 0.3) is 70.7 Å². The highest BCUT2D eigenvalue weighted by molar-refractivity contribution is 6.25. The summed E-state index contributed by atoms with van der Waals surface area (Å²) in [5.74, 6) is -0.215. The molecule has 0 saturated carbocycles. The molecule has 7 aromatic carbocycles. The Kier molecular flexibility index (Phi) is 8.13. The fourth-order valence-electron chi connectivity index (χ4n) is 9.80. The summed E-state index contributed by atoms with van der Waals surface area (Å²) in [5.41, 5.74) is 12.1. The Labute approximate surface area is 358 Å². The van der Waals surface area contributed by atoms with Crippen molar-refractivity contribution in [2.24, 2.45) is 11.8 Å². The van der Waals surface area contributed by atoms with Crippen LogP contribution in [0.5, 0.6) is 0 Å². The molecule has 10 aromatic rings. The Bertz CT molecular complexity index is 3580. The standard InChI is InChI=1S/C56H38N6/c57-34-36-17-21-42(22-18-36)60(40-11-3-1-4-12-40)44-25-27-52-48(30-44)38-9-7-10-39(29-38)49-33-55-51(32-53(49)59-52)47-16-8-15-46-50-31-45(26-28-54(50)62(55)56(46)47)61(41-13-5-2-6-14-41)43-23-19-37(35-58)20-24-43/h1-17,19,21-33,36-37,59H,18,20H2. The van der Waals surface area contributed by atoms with E-state index in [2.05, 4.69) is 195 Å². The normalized spacial score (nSPS) is 16.3. The van der Waals surface area contributed by atoms with E-state index in [1.807, 2.05) is 24.3 Å². The molecule has 0 radical (unpaired) electrons. The van der Waals surface area contributed by atoms with Crippen LogP contribution < -0.4 is 9.80 Å². The second-order valence-electron chi connectivity index (χ2n) is 16.3. The number of anilines is 4. The molecule has 1 N–H and O–H groups in total. The zero-order chi connectivity index (χ0) is 41.3. The molecule has 0 amide bonds. The number of rotatable bonds is 6. The molecule has 292 valence electrons. The topological polar surface area (TPSA) is 74.3 Å². The van der Waals surface area contributed by atoms with Crippen molar-refractivity contribution in [3.63, 3.8) is 0 Å². The Morgan fingerprint density at radius 1 is 0.468 bits per heavy atom. The van der Waals surface area contributed by atoms with Gasteiger partial charge in [0.2, 0.25) is 0 Å². The van der Waals surface area contributed by atoms with Crippen LogP contribution in [-0.4, -0.2) is 9.38 Å². The zero-order valence-corrected chi connectivity index (χ0v) is 33.7. The number of allylic oxidation sites excluding steroid dienone is 6. The summed E-state index contributed by atoms with van der Waals surface area (Å²) in [4.78, 5) is 8.50. The smallest absolute Gasteiger partial charge is 0.0700 e. The Morgan fingerprint density at radius 3 is 1.60 bits per heavy atom. The highest BCUT2D eigenvalue weighted by Crippen LogP contribution is 2.44. The molecule has 2 atom stereocenters. The van der Waals surface area contributed by atoms with Crippen LogP contribution in [0.1, 0.15) is 12.8 Å². The van der Waals surface area contributed by atoms with E-state index in [0.29, 0.717) is 12.8 Å². The first-order valence-electron chi connectivity index (χ1n) is 21.2. The van der Waals surface area contributed by atoms with Crippen LogP contribution in [-0.2, 0) is 0 Å². The number of aromatic nitrogens is 2. The molecule has 6 nitrogen and oxygen atoms in total. The Hall–Kier alpha value is -8.32. The molecule has 3 heterocycles. The molecule has 0 spiro atoms. The van der Waals surface area contributed by atoms with E-state index in [-0.39, 0.29) is 11.8 Å². The number of nitrogens with zero attached hydrogens (tertiary/aromatic N) is 5. The van der Waals surface area contributed by atoms with Crippen molar-refractivity contribution in [3.05, 3.63) is 200 Å². The summed E-state index contributed by atoms with van der Waals surface area (Å²) in [6.07, 6.45) is 13.9. The number of nitriles is 2. The predicted octanol–water partition coefficient (Wildman–Crippen LogP) is 14.4. The maximum atomic E-state index is 9.58. The molecule has 2 aliphatic rings. The quantitative estimate of drug-likeness (QED) is 0.182. The highest BCUT2D eigenvalue weighted by Gasteiger charge is 2.23. The summed E-state index contributed by atoms with van der Waals surface area (Å²) in [5, 5.41) is 28.6. The van der Waals surface area contributed by atoms with Crippen LogP contribution in [0.2, 0.25) is 0 Å². The van der Waals surface area contributed by atoms with Crippen molar-refractivity contribution in [1.29, 1.82) is 10.5 Å². The molecular weight excluding hydrogens is 757 g/mol. The number of hydrogen-bond donors (Lipinski definition) is 1. The second-order valence-corrected chi connectivity index (χ2v) is 16.3. The van der Waals surface area contributed by atoms with Gasteiger partial charge in [-0.05, 0) is 115 Å². The minimum atomic E-state index is -0.110. The van der Waals surface area contributed by atoms with Gasteiger partial charge in [0.05, 0.1) is 40.5 Å². The largest absolute Gasteiger partial charge is 0.354 e. The van der Waals surface area contributed by atoms with Crippen molar-refractivity contribution in [2.75, 3.05) is 9.80 Å². The fraction of sp³-hybridized carbons (Fsp3) is 0.0714. The lowest BCUT2D eigenvalue weighted by Gasteiger charge is -2.28. The average Bonchev–Trinajstić information content (AvgIpc) is 3.84. The number of aromatic amines is 1. The lowest BCUT2D eigenvalue weighted by Crippen LogP contribution is -2.17. The van der Waals surface area contributed by atoms with Gasteiger partial charge in [-0.3, -0.25) is 0 Å². The van der Waals surface area contributed by atoms with E-state index >= 15 is 0 Å². The molecule has 2 unspecified atom stereocenters. The molecular formula is C56H38N6. The van der Waals surface area contributed by atoms with Gasteiger partial charge in [-0.15, -0.1) is 0 Å². The van der Waals surface area contributed by atoms with Gasteiger partial charge in [-0.1, -0.05) is 97.1 Å². The number of hydrogen-bond acceptors (Lipinski definition) is 4. The Morgan fingerprint density at radius 2 is 1.02 bits per heavy atom. The second kappa shape index (κ2) is 14.2. The van der Waals surface area contributed by atoms with Gasteiger partial charge in [-0.2, -0.15) is 10.5 Å². The van der Waals surface area contributed by atoms with Crippen LogP contribution in [0.4, 0.5) is 22.7 Å². The molecule has 0 saturated heterocycles. The number of nitrogens with one attached hydrogen (secondary N) is 1. The van der Waals surface area contributed by atoms with Gasteiger partial charge in [0, 0.05) is 77.5 Å². The first kappa shape index (κ1) is 35.6. The average molecular weight is 795 g/mol. The number of H-pyrrole nitrogens is 1. The molecule has 2 bridgehead atoms. The Balaban J connectivity index is 1.04. The number of para-hydroxylation sites is 3. The molecule has 0 fully saturated rings. The third-order valence-electron chi connectivity index (χ3n) is 12.7. The van der Waals surface area contributed by atoms with E-state index in [1.54, 1.807) is 0 Å². The van der Waals surface area contributed by atoms with E-state index in [4.69, 9.17) is 0 Å². The maximum Gasteiger partial charge on any atom is 0.0700 e. The summed E-state index contributed by atoms with van der Waals surface area (Å²) < 4.78 is 2.46. The van der Waals surface area contributed by atoms with Gasteiger partial charge >= 0.3 is 0 Å². The van der Waals surface area contributed by atoms with Gasteiger partial charge in [-0.25, -0.2) is 0 Å². The maximum absolute atomic E-state index is 9.58. The van der Waals surface area contributed by atoms with E-state index < -0.39 is 0 Å².